The Balaban J connectivity index is 1.86. The van der Waals surface area contributed by atoms with E-state index in [9.17, 15) is 14.4 Å². The molecule has 4 N–H and O–H groups in total. The molecule has 224 valence electrons. The number of carbonyl (C=O) groups is 3. The lowest BCUT2D eigenvalue weighted by Crippen LogP contribution is -2.60. The number of imide groups is 1. The zero-order valence-electron chi connectivity index (χ0n) is 24.6. The summed E-state index contributed by atoms with van der Waals surface area (Å²) in [4.78, 5) is 55.5. The van der Waals surface area contributed by atoms with Crippen molar-refractivity contribution in [1.82, 2.24) is 30.9 Å². The Bertz CT molecular complexity index is 1450. The Morgan fingerprint density at radius 1 is 1.17 bits per heavy atom. The van der Waals surface area contributed by atoms with Gasteiger partial charge < -0.3 is 26.0 Å². The summed E-state index contributed by atoms with van der Waals surface area (Å²) in [6.07, 6.45) is 4.33. The monoisotopic (exact) mass is 596 g/mol. The largest absolute Gasteiger partial charge is 0.494 e. The summed E-state index contributed by atoms with van der Waals surface area (Å²) in [6, 6.07) is 4.55. The Kier molecular flexibility index (Phi) is 9.60. The first-order chi connectivity index (χ1) is 19.9. The summed E-state index contributed by atoms with van der Waals surface area (Å²) in [5.41, 5.74) is 0.636. The fraction of sp³-hybridized carbons (Fsp3) is 0.448. The fourth-order valence-electron chi connectivity index (χ4n) is 4.67. The molecule has 3 heterocycles. The van der Waals surface area contributed by atoms with Crippen LogP contribution in [-0.4, -0.2) is 71.5 Å². The number of hydrogen-bond acceptors (Lipinski definition) is 10. The maximum Gasteiger partial charge on any atom is 0.257 e. The molecule has 0 saturated carbocycles. The van der Waals surface area contributed by atoms with E-state index in [1.165, 1.54) is 13.4 Å². The highest BCUT2D eigenvalue weighted by molar-refractivity contribution is 6.29. The number of anilines is 3. The predicted molar refractivity (Wildman–Crippen MR) is 162 cm³/mol. The second-order valence-electron chi connectivity index (χ2n) is 11.2. The molecule has 2 aromatic heterocycles. The van der Waals surface area contributed by atoms with Crippen LogP contribution in [0.25, 0.3) is 10.9 Å². The van der Waals surface area contributed by atoms with E-state index in [4.69, 9.17) is 16.3 Å². The molecule has 42 heavy (non-hydrogen) atoms. The Labute approximate surface area is 250 Å². The maximum atomic E-state index is 14.5. The molecule has 0 radical (unpaired) electrons. The van der Waals surface area contributed by atoms with Gasteiger partial charge in [-0.05, 0) is 57.0 Å². The number of pyridine rings is 1. The molecule has 1 aliphatic rings. The van der Waals surface area contributed by atoms with Gasteiger partial charge in [0.1, 0.15) is 29.1 Å². The lowest BCUT2D eigenvalue weighted by atomic mass is 9.85. The van der Waals surface area contributed by atoms with Crippen molar-refractivity contribution in [2.24, 2.45) is 5.41 Å². The van der Waals surface area contributed by atoms with Gasteiger partial charge in [-0.3, -0.25) is 14.4 Å². The molecular weight excluding hydrogens is 560 g/mol. The Morgan fingerprint density at radius 3 is 2.52 bits per heavy atom. The van der Waals surface area contributed by atoms with Crippen molar-refractivity contribution in [3.63, 3.8) is 0 Å². The number of benzene rings is 1. The molecule has 1 fully saturated rings. The van der Waals surface area contributed by atoms with Gasteiger partial charge in [-0.25, -0.2) is 19.9 Å². The van der Waals surface area contributed by atoms with Crippen LogP contribution in [0.15, 0.2) is 36.8 Å². The van der Waals surface area contributed by atoms with Crippen LogP contribution in [0.1, 0.15) is 40.5 Å². The number of carbonyl (C=O) groups excluding carboxylic acids is 3. The van der Waals surface area contributed by atoms with Gasteiger partial charge in [-0.2, -0.15) is 0 Å². The van der Waals surface area contributed by atoms with E-state index >= 15 is 0 Å². The first kappa shape index (κ1) is 31.1. The molecule has 0 unspecified atom stereocenters. The number of amides is 3. The van der Waals surface area contributed by atoms with Gasteiger partial charge in [-0.15, -0.1) is 0 Å². The van der Waals surface area contributed by atoms with Gasteiger partial charge in [0.25, 0.3) is 11.8 Å². The van der Waals surface area contributed by atoms with E-state index in [0.717, 1.165) is 11.3 Å². The van der Waals surface area contributed by atoms with Crippen LogP contribution in [-0.2, 0) is 14.4 Å². The summed E-state index contributed by atoms with van der Waals surface area (Å²) < 4.78 is 5.70. The molecule has 12 nitrogen and oxygen atoms in total. The fourth-order valence-corrected chi connectivity index (χ4v) is 4.78. The standard InChI is InChI=1S/C29H37ClN8O4/c1-16(31-5)26(39)37-24(29(2,3)4)28(41)38(27(40)19-8-7-11-32-19)21-12-18-20(13-22(21)42-6)34-15-35-25(18)36-17-9-10-23(30)33-14-17/h9-10,12-16,19,24,31-32H,7-8,11H2,1-6H3,(H,37,39)(H,34,35,36)/t16-,19-,24+/m0/s1. The van der Waals surface area contributed by atoms with Crippen molar-refractivity contribution < 1.29 is 19.1 Å². The summed E-state index contributed by atoms with van der Waals surface area (Å²) in [7, 11) is 3.12. The molecule has 1 saturated heterocycles. The van der Waals surface area contributed by atoms with Crippen LogP contribution < -0.4 is 30.9 Å². The lowest BCUT2D eigenvalue weighted by molar-refractivity contribution is -0.134. The minimum atomic E-state index is -1.03. The van der Waals surface area contributed by atoms with E-state index in [0.29, 0.717) is 40.5 Å². The third kappa shape index (κ3) is 6.77. The van der Waals surface area contributed by atoms with Crippen molar-refractivity contribution in [1.29, 1.82) is 0 Å². The zero-order chi connectivity index (χ0) is 30.6. The number of aromatic nitrogens is 3. The van der Waals surface area contributed by atoms with Gasteiger partial charge in [-0.1, -0.05) is 32.4 Å². The van der Waals surface area contributed by atoms with E-state index in [1.807, 2.05) is 20.8 Å². The van der Waals surface area contributed by atoms with Crippen LogP contribution >= 0.6 is 11.6 Å². The van der Waals surface area contributed by atoms with Gasteiger partial charge in [0.15, 0.2) is 0 Å². The van der Waals surface area contributed by atoms with Crippen molar-refractivity contribution in [3.05, 3.63) is 41.9 Å². The first-order valence-corrected chi connectivity index (χ1v) is 14.1. The van der Waals surface area contributed by atoms with Crippen molar-refractivity contribution >= 4 is 57.4 Å². The van der Waals surface area contributed by atoms with Crippen LogP contribution in [0.5, 0.6) is 5.75 Å². The number of ether oxygens (including phenoxy) is 1. The quantitative estimate of drug-likeness (QED) is 0.271. The molecule has 1 aromatic carbocycles. The number of methoxy groups -OCH3 is 1. The minimum Gasteiger partial charge on any atom is -0.494 e. The molecule has 13 heteroatoms. The SMILES string of the molecule is CN[C@@H](C)C(=O)N[C@H](C(=O)N(C(=O)[C@@H]1CCCN1)c1cc2c(Nc3ccc(Cl)nc3)ncnc2cc1OC)C(C)(C)C. The van der Waals surface area contributed by atoms with E-state index < -0.39 is 35.4 Å². The predicted octanol–water partition coefficient (Wildman–Crippen LogP) is 3.18. The van der Waals surface area contributed by atoms with Gasteiger partial charge in [0.05, 0.1) is 42.3 Å². The summed E-state index contributed by atoms with van der Waals surface area (Å²) in [6.45, 7) is 7.86. The van der Waals surface area contributed by atoms with Crippen LogP contribution in [0, 0.1) is 5.41 Å². The molecule has 4 rings (SSSR count). The molecule has 0 aliphatic carbocycles. The lowest BCUT2D eigenvalue weighted by Gasteiger charge is -2.36. The van der Waals surface area contributed by atoms with Crippen molar-refractivity contribution in [3.8, 4) is 5.75 Å². The van der Waals surface area contributed by atoms with Crippen molar-refractivity contribution in [2.45, 2.75) is 58.7 Å². The van der Waals surface area contributed by atoms with Gasteiger partial charge in [0.2, 0.25) is 5.91 Å². The second kappa shape index (κ2) is 13.0. The normalized spacial score (nSPS) is 16.5. The molecule has 3 atom stereocenters. The summed E-state index contributed by atoms with van der Waals surface area (Å²) in [5, 5.41) is 13.0. The zero-order valence-corrected chi connectivity index (χ0v) is 25.4. The highest BCUT2D eigenvalue weighted by Crippen LogP contribution is 2.37. The van der Waals surface area contributed by atoms with Gasteiger partial charge in [0, 0.05) is 11.5 Å². The molecule has 3 amide bonds. The molecule has 1 aliphatic heterocycles. The number of halogens is 1. The number of fused-ring (bicyclic) bond motifs is 1. The second-order valence-corrected chi connectivity index (χ2v) is 11.6. The average molecular weight is 597 g/mol. The third-order valence-corrected chi connectivity index (χ3v) is 7.42. The number of nitrogens with one attached hydrogen (secondary N) is 4. The number of rotatable bonds is 9. The Hall–Kier alpha value is -3.87. The van der Waals surface area contributed by atoms with Crippen LogP contribution in [0.3, 0.4) is 0 Å². The summed E-state index contributed by atoms with van der Waals surface area (Å²) in [5.74, 6) is -0.686. The number of nitrogens with zero attached hydrogens (tertiary/aromatic N) is 4. The minimum absolute atomic E-state index is 0.214. The van der Waals surface area contributed by atoms with Crippen LogP contribution in [0.4, 0.5) is 17.2 Å². The number of likely N-dealkylation sites (N-methyl/N-ethyl adjacent to an activating group) is 1. The molecule has 0 spiro atoms. The highest BCUT2D eigenvalue weighted by Gasteiger charge is 2.42. The van der Waals surface area contributed by atoms with Crippen LogP contribution in [0.2, 0.25) is 5.15 Å². The first-order valence-electron chi connectivity index (χ1n) is 13.7. The Morgan fingerprint density at radius 2 is 1.93 bits per heavy atom. The van der Waals surface area contributed by atoms with Crippen molar-refractivity contribution in [2.75, 3.05) is 30.9 Å². The number of hydrogen-bond donors (Lipinski definition) is 4. The van der Waals surface area contributed by atoms with E-state index in [-0.39, 0.29) is 17.3 Å². The van der Waals surface area contributed by atoms with E-state index in [2.05, 4.69) is 36.2 Å². The smallest absolute Gasteiger partial charge is 0.257 e. The topological polar surface area (TPSA) is 150 Å². The maximum absolute atomic E-state index is 14.5. The van der Waals surface area contributed by atoms with E-state index in [1.54, 1.807) is 44.4 Å². The summed E-state index contributed by atoms with van der Waals surface area (Å²) >= 11 is 5.94. The molecule has 3 aromatic rings. The molecular formula is C29H37ClN8O4. The third-order valence-electron chi connectivity index (χ3n) is 7.19. The molecule has 0 bridgehead atoms. The van der Waals surface area contributed by atoms with Gasteiger partial charge >= 0.3 is 0 Å². The highest BCUT2D eigenvalue weighted by atomic mass is 35.5. The average Bonchev–Trinajstić information content (AvgIpc) is 3.51.